The highest BCUT2D eigenvalue weighted by Crippen LogP contribution is 2.40. The molecule has 28 heteroatoms. The van der Waals surface area contributed by atoms with E-state index in [1.165, 1.54) is 22.3 Å². The van der Waals surface area contributed by atoms with E-state index in [1.54, 1.807) is 28.4 Å². The molecule has 4 N–H and O–H groups in total. The van der Waals surface area contributed by atoms with Gasteiger partial charge in [-0.25, -0.2) is 19.9 Å². The predicted molar refractivity (Wildman–Crippen MR) is 546 cm³/mol. The molecule has 134 heavy (non-hydrogen) atoms. The van der Waals surface area contributed by atoms with Gasteiger partial charge in [-0.1, -0.05) is 146 Å². The molecule has 8 aromatic carbocycles. The Kier molecular flexibility index (Phi) is 32.7. The summed E-state index contributed by atoms with van der Waals surface area (Å²) >= 11 is 0. The number of aromatic nitrogens is 8. The molecule has 0 radical (unpaired) electrons. The summed E-state index contributed by atoms with van der Waals surface area (Å²) in [5.74, 6) is 9.78. The number of likely N-dealkylation sites (tertiary alicyclic amines) is 4. The van der Waals surface area contributed by atoms with E-state index in [4.69, 9.17) is 58.8 Å². The molecule has 0 unspecified atom stereocenters. The third-order valence-corrected chi connectivity index (χ3v) is 27.8. The minimum absolute atomic E-state index is 0.367. The molecule has 0 saturated carbocycles. The molecule has 4 aromatic heterocycles. The van der Waals surface area contributed by atoms with E-state index < -0.39 is 0 Å². The average Bonchev–Trinajstić information content (AvgIpc) is 0.924. The zero-order valence-electron chi connectivity index (χ0n) is 80.2. The Hall–Kier alpha value is -11.6. The summed E-state index contributed by atoms with van der Waals surface area (Å²) in [5, 5.41) is 19.3. The predicted octanol–water partition coefficient (Wildman–Crippen LogP) is 14.6. The Balaban J connectivity index is 0.000000125. The van der Waals surface area contributed by atoms with E-state index in [0.717, 1.165) is 338 Å². The lowest BCUT2D eigenvalue weighted by Crippen LogP contribution is -2.45. The molecule has 0 atom stereocenters. The smallest absolute Gasteiger partial charge is 0.227 e. The molecule has 8 fully saturated rings. The third kappa shape index (κ3) is 25.3. The van der Waals surface area contributed by atoms with Gasteiger partial charge in [0, 0.05) is 228 Å². The van der Waals surface area contributed by atoms with Crippen LogP contribution < -0.4 is 59.8 Å². The molecule has 0 aliphatic carbocycles. The number of piperidine rings is 4. The number of ether oxygens (including phenoxy) is 4. The molecule has 8 aliphatic heterocycles. The first-order valence-electron chi connectivity index (χ1n) is 49.0. The number of para-hydroxylation sites is 2. The molecule has 28 nitrogen and oxygen atoms in total. The molecule has 0 bridgehead atoms. The highest BCUT2D eigenvalue weighted by Gasteiger charge is 2.31. The van der Waals surface area contributed by atoms with Crippen LogP contribution in [0.3, 0.4) is 0 Å². The molecule has 12 aromatic rings. The van der Waals surface area contributed by atoms with Crippen LogP contribution in [0.5, 0.6) is 23.0 Å². The number of nitrogens with one attached hydrogen (secondary N) is 4. The Labute approximate surface area is 792 Å². The topological polar surface area (TPSA) is 227 Å². The van der Waals surface area contributed by atoms with E-state index in [0.29, 0.717) is 47.2 Å². The number of hydrogen-bond donors (Lipinski definition) is 4. The lowest BCUT2D eigenvalue weighted by Gasteiger charge is -2.34. The Morgan fingerprint density at radius 2 is 0.470 bits per heavy atom. The van der Waals surface area contributed by atoms with Crippen molar-refractivity contribution in [2.75, 3.05) is 255 Å². The molecule has 20 rings (SSSR count). The maximum atomic E-state index is 5.60. The van der Waals surface area contributed by atoms with Crippen LogP contribution in [0.1, 0.15) is 86.5 Å². The summed E-state index contributed by atoms with van der Waals surface area (Å²) in [4.78, 5) is 68.8. The fourth-order valence-electron chi connectivity index (χ4n) is 19.6. The van der Waals surface area contributed by atoms with Crippen LogP contribution in [0.25, 0.3) is 43.6 Å². The van der Waals surface area contributed by atoms with Gasteiger partial charge in [-0.2, -0.15) is 19.9 Å². The van der Waals surface area contributed by atoms with Crippen molar-refractivity contribution in [3.05, 3.63) is 216 Å². The van der Waals surface area contributed by atoms with Crippen LogP contribution in [0.2, 0.25) is 0 Å². The van der Waals surface area contributed by atoms with Gasteiger partial charge >= 0.3 is 0 Å². The summed E-state index contributed by atoms with van der Waals surface area (Å²) < 4.78 is 22.3. The highest BCUT2D eigenvalue weighted by atomic mass is 16.5. The van der Waals surface area contributed by atoms with E-state index >= 15 is 0 Å². The second-order valence-corrected chi connectivity index (χ2v) is 37.6. The van der Waals surface area contributed by atoms with E-state index in [9.17, 15) is 0 Å². The Bertz CT molecular complexity index is 5670. The van der Waals surface area contributed by atoms with Crippen molar-refractivity contribution < 1.29 is 18.9 Å². The molecule has 8 aliphatic rings. The quantitative estimate of drug-likeness (QED) is 0.0441. The van der Waals surface area contributed by atoms with Gasteiger partial charge in [0.1, 0.15) is 23.3 Å². The van der Waals surface area contributed by atoms with Gasteiger partial charge in [0.2, 0.25) is 23.8 Å². The van der Waals surface area contributed by atoms with Gasteiger partial charge < -0.3 is 79.4 Å². The number of fused-ring (bicyclic) bond motifs is 4. The standard InChI is InChI=1S/C28H38N6O2.C27H36N6O2.C26H34N6.C25H32N6/c1-32-12-7-13-34(17-16-32)28-30-24-19-26(36-3)25(35-2)18-23(24)27(31-28)29-22-10-14-33(15-11-22)20-21-8-5-4-6-9-21;1-31-13-15-33(16-14-31)27-29-23-18-25(35-3)24(34-2)17-22(23)26(30-27)28-21-9-11-32(12-10-21)19-20-7-5-4-6-8-20;1-30-14-7-15-32(19-18-30)26-28-24-11-6-5-10-23(24)25(29-26)27-22-12-16-31(17-13-22)20-21-8-3-2-4-9-21;1-29-15-17-31(18-16-29)25-27-23-10-6-5-9-22(23)24(28-25)26-21-11-13-30(14-12-21)19-20-7-3-2-4-8-20/h4-6,8-9,18-19,22H,7,10-17,20H2,1-3H3,(H,29,30,31);4-8,17-18,21H,9-16,19H2,1-3H3,(H,28,29,30);2-6,8-11,22H,7,12-20H2,1H3,(H,27,28,29);2-10,21H,11-19H2,1H3,(H,26,27,28). The SMILES string of the molecule is CN1CCCN(c2nc(NC3CCN(Cc4ccccc4)CC3)c3ccccc3n2)CC1.CN1CCN(c2nc(NC3CCN(Cc4ccccc4)CC3)c3ccccc3n2)CC1.COc1cc2nc(N3CCCN(C)CC3)nc(NC3CCN(Cc4ccccc4)CC3)c2cc1OC.COc1cc2nc(N3CCN(C)CC3)nc(NC3CCN(Cc4ccccc4)CC3)c2cc1OC. The van der Waals surface area contributed by atoms with Crippen molar-refractivity contribution in [2.24, 2.45) is 0 Å². The third-order valence-electron chi connectivity index (χ3n) is 27.8. The number of benzene rings is 8. The van der Waals surface area contributed by atoms with Crippen LogP contribution in [0.4, 0.5) is 47.1 Å². The van der Waals surface area contributed by atoms with Crippen LogP contribution in [0.15, 0.2) is 194 Å². The highest BCUT2D eigenvalue weighted by molar-refractivity contribution is 5.95. The first-order valence-corrected chi connectivity index (χ1v) is 49.0. The number of hydrogen-bond acceptors (Lipinski definition) is 28. The fourth-order valence-corrected chi connectivity index (χ4v) is 19.6. The Morgan fingerprint density at radius 3 is 0.746 bits per heavy atom. The van der Waals surface area contributed by atoms with Gasteiger partial charge in [0.25, 0.3) is 0 Å². The second-order valence-electron chi connectivity index (χ2n) is 37.6. The molecule has 0 spiro atoms. The molecular weight excluding hydrogens is 1670 g/mol. The van der Waals surface area contributed by atoms with E-state index in [-0.39, 0.29) is 0 Å². The average molecular weight is 1810 g/mol. The van der Waals surface area contributed by atoms with Crippen molar-refractivity contribution in [1.82, 2.24) is 79.1 Å². The van der Waals surface area contributed by atoms with Crippen molar-refractivity contribution in [3.8, 4) is 23.0 Å². The number of likely N-dealkylation sites (N-methyl/N-ethyl adjacent to an activating group) is 4. The lowest BCUT2D eigenvalue weighted by molar-refractivity contribution is 0.211. The molecule has 708 valence electrons. The summed E-state index contributed by atoms with van der Waals surface area (Å²) in [6, 6.07) is 69.4. The number of nitrogens with zero attached hydrogens (tertiary/aromatic N) is 20. The minimum Gasteiger partial charge on any atom is -0.493 e. The molecule has 12 heterocycles. The number of methoxy groups -OCH3 is 4. The lowest BCUT2D eigenvalue weighted by atomic mass is 10.0. The first kappa shape index (κ1) is 94.2. The molecular formula is C106H140N24O4. The maximum absolute atomic E-state index is 5.60. The minimum atomic E-state index is 0.367. The summed E-state index contributed by atoms with van der Waals surface area (Å²) in [6.45, 7) is 28.9. The fraction of sp³-hybridized carbons (Fsp3) is 0.472. The zero-order valence-corrected chi connectivity index (χ0v) is 80.2. The second kappa shape index (κ2) is 46.6. The van der Waals surface area contributed by atoms with E-state index in [2.05, 4.69) is 278 Å². The molecule has 8 saturated heterocycles. The van der Waals surface area contributed by atoms with Crippen LogP contribution >= 0.6 is 0 Å². The van der Waals surface area contributed by atoms with Gasteiger partial charge in [-0.05, 0) is 164 Å². The summed E-state index contributed by atoms with van der Waals surface area (Å²) in [7, 11) is 15.4. The maximum Gasteiger partial charge on any atom is 0.227 e. The zero-order chi connectivity index (χ0) is 91.9. The van der Waals surface area contributed by atoms with Gasteiger partial charge in [-0.15, -0.1) is 0 Å². The number of anilines is 8. The number of rotatable bonds is 24. The summed E-state index contributed by atoms with van der Waals surface area (Å²) in [5.41, 5.74) is 9.34. The van der Waals surface area contributed by atoms with Crippen molar-refractivity contribution in [1.29, 1.82) is 0 Å². The van der Waals surface area contributed by atoms with Gasteiger partial charge in [0.05, 0.1) is 50.5 Å². The monoisotopic (exact) mass is 1810 g/mol. The van der Waals surface area contributed by atoms with Crippen molar-refractivity contribution in [2.45, 2.75) is 115 Å². The normalized spacial score (nSPS) is 18.6. The van der Waals surface area contributed by atoms with E-state index in [1.807, 2.05) is 24.3 Å². The van der Waals surface area contributed by atoms with Crippen LogP contribution in [-0.4, -0.2) is 317 Å². The van der Waals surface area contributed by atoms with Gasteiger partial charge in [0.15, 0.2) is 23.0 Å². The largest absolute Gasteiger partial charge is 0.493 e. The number of piperazine rings is 2. The summed E-state index contributed by atoms with van der Waals surface area (Å²) in [6.07, 6.45) is 11.1. The van der Waals surface area contributed by atoms with Crippen molar-refractivity contribution in [3.63, 3.8) is 0 Å². The Morgan fingerprint density at radius 1 is 0.239 bits per heavy atom. The van der Waals surface area contributed by atoms with Crippen LogP contribution in [-0.2, 0) is 26.2 Å². The first-order chi connectivity index (χ1) is 65.7. The van der Waals surface area contributed by atoms with Gasteiger partial charge in [-0.3, -0.25) is 19.6 Å². The molecule has 0 amide bonds. The van der Waals surface area contributed by atoms with Crippen LogP contribution in [0, 0.1) is 0 Å². The van der Waals surface area contributed by atoms with Crippen molar-refractivity contribution >= 4 is 90.7 Å².